The van der Waals surface area contributed by atoms with Crippen LogP contribution in [-0.2, 0) is 4.79 Å². The van der Waals surface area contributed by atoms with Crippen LogP contribution in [0.15, 0.2) is 16.6 Å². The fraction of sp³-hybridized carbons (Fsp3) is 0.722. The van der Waals surface area contributed by atoms with E-state index in [1.165, 1.54) is 19.3 Å². The third-order valence-electron chi connectivity index (χ3n) is 4.75. The maximum Gasteiger partial charge on any atom is 0.243 e. The highest BCUT2D eigenvalue weighted by molar-refractivity contribution is 14.0. The molecule has 0 radical (unpaired) electrons. The normalized spacial score (nSPS) is 21.5. The van der Waals surface area contributed by atoms with Gasteiger partial charge in [-0.05, 0) is 18.8 Å². The number of aliphatic imine (C=N–C) groups is 1. The molecule has 2 N–H and O–H groups in total. The van der Waals surface area contributed by atoms with E-state index in [1.54, 1.807) is 30.3 Å². The molecular weight excluding hydrogens is 461 g/mol. The van der Waals surface area contributed by atoms with Gasteiger partial charge < -0.3 is 15.5 Å². The number of carbonyl (C=O) groups excluding carboxylic acids is 1. The molecule has 26 heavy (non-hydrogen) atoms. The number of hydrogen-bond donors (Lipinski definition) is 2. The van der Waals surface area contributed by atoms with Crippen LogP contribution in [0.2, 0.25) is 0 Å². The van der Waals surface area contributed by atoms with E-state index in [0.717, 1.165) is 23.9 Å². The number of thiazole rings is 1. The van der Waals surface area contributed by atoms with E-state index in [0.29, 0.717) is 17.9 Å². The second-order valence-electron chi connectivity index (χ2n) is 7.12. The van der Waals surface area contributed by atoms with Gasteiger partial charge in [0.2, 0.25) is 5.91 Å². The van der Waals surface area contributed by atoms with Crippen molar-refractivity contribution in [1.29, 1.82) is 0 Å². The van der Waals surface area contributed by atoms with E-state index in [-0.39, 0.29) is 36.4 Å². The Morgan fingerprint density at radius 2 is 2.15 bits per heavy atom. The first-order valence-corrected chi connectivity index (χ1v) is 9.99. The molecule has 148 valence electrons. The number of likely N-dealkylation sites (N-methyl/N-ethyl adjacent to an activating group) is 1. The Morgan fingerprint density at radius 3 is 2.77 bits per heavy atom. The Morgan fingerprint density at radius 1 is 1.42 bits per heavy atom. The Labute approximate surface area is 178 Å². The van der Waals surface area contributed by atoms with Crippen LogP contribution >= 0.6 is 35.3 Å². The maximum atomic E-state index is 11.9. The van der Waals surface area contributed by atoms with Crippen molar-refractivity contribution in [3.8, 4) is 0 Å². The van der Waals surface area contributed by atoms with Crippen molar-refractivity contribution in [2.45, 2.75) is 51.5 Å². The highest BCUT2D eigenvalue weighted by atomic mass is 127. The molecule has 0 bridgehead atoms. The number of aromatic nitrogens is 1. The first-order valence-electron chi connectivity index (χ1n) is 9.11. The molecule has 1 aromatic rings. The van der Waals surface area contributed by atoms with Gasteiger partial charge >= 0.3 is 0 Å². The van der Waals surface area contributed by atoms with Crippen LogP contribution in [0.5, 0.6) is 0 Å². The van der Waals surface area contributed by atoms with Crippen molar-refractivity contribution in [2.24, 2.45) is 10.9 Å². The van der Waals surface area contributed by atoms with Gasteiger partial charge in [0.05, 0.1) is 5.01 Å². The number of hydrogen-bond acceptors (Lipinski definition) is 4. The van der Waals surface area contributed by atoms with Crippen molar-refractivity contribution < 1.29 is 4.79 Å². The molecule has 6 nitrogen and oxygen atoms in total. The third kappa shape index (κ3) is 7.38. The van der Waals surface area contributed by atoms with Crippen LogP contribution in [0, 0.1) is 5.92 Å². The first kappa shape index (κ1) is 23.1. The van der Waals surface area contributed by atoms with Gasteiger partial charge in [-0.2, -0.15) is 0 Å². The standard InChI is InChI=1S/C18H31N5OS.HI/c1-13-7-5-6-8-15(13)22-18(21-12-16(24)23(3)4)20-11-14(2)17-19-9-10-25-17;/h9-10,13-15H,5-8,11-12H2,1-4H3,(H2,20,21,22);1H. The molecule has 1 fully saturated rings. The molecule has 8 heteroatoms. The Bertz CT molecular complexity index is 564. The molecule has 1 heterocycles. The molecule has 3 unspecified atom stereocenters. The highest BCUT2D eigenvalue weighted by Crippen LogP contribution is 2.23. The van der Waals surface area contributed by atoms with E-state index in [4.69, 9.17) is 0 Å². The summed E-state index contributed by atoms with van der Waals surface area (Å²) in [4.78, 5) is 22.3. The predicted molar refractivity (Wildman–Crippen MR) is 119 cm³/mol. The van der Waals surface area contributed by atoms with Crippen LogP contribution in [0.1, 0.15) is 50.5 Å². The molecule has 0 aromatic carbocycles. The number of carbonyl (C=O) groups is 1. The van der Waals surface area contributed by atoms with E-state index in [9.17, 15) is 4.79 Å². The lowest BCUT2D eigenvalue weighted by Gasteiger charge is -2.31. The summed E-state index contributed by atoms with van der Waals surface area (Å²) in [7, 11) is 3.51. The summed E-state index contributed by atoms with van der Waals surface area (Å²) < 4.78 is 0. The fourth-order valence-electron chi connectivity index (χ4n) is 2.96. The molecule has 0 saturated heterocycles. The summed E-state index contributed by atoms with van der Waals surface area (Å²) in [6.07, 6.45) is 6.80. The van der Waals surface area contributed by atoms with Crippen molar-refractivity contribution in [3.63, 3.8) is 0 Å². The molecule has 1 saturated carbocycles. The minimum absolute atomic E-state index is 0. The summed E-state index contributed by atoms with van der Waals surface area (Å²) in [5, 5.41) is 10.1. The number of nitrogens with zero attached hydrogens (tertiary/aromatic N) is 3. The summed E-state index contributed by atoms with van der Waals surface area (Å²) in [6, 6.07) is 0.421. The summed E-state index contributed by atoms with van der Waals surface area (Å²) in [6.45, 7) is 5.35. The first-order chi connectivity index (χ1) is 12.0. The molecule has 1 aliphatic rings. The van der Waals surface area contributed by atoms with Gasteiger partial charge in [-0.15, -0.1) is 35.3 Å². The minimum atomic E-state index is 0. The van der Waals surface area contributed by atoms with Crippen LogP contribution < -0.4 is 10.6 Å². The summed E-state index contributed by atoms with van der Waals surface area (Å²) >= 11 is 1.67. The number of nitrogens with one attached hydrogen (secondary N) is 2. The topological polar surface area (TPSA) is 69.6 Å². The lowest BCUT2D eigenvalue weighted by molar-refractivity contribution is -0.127. The van der Waals surface area contributed by atoms with Gasteiger partial charge in [0.15, 0.2) is 5.96 Å². The van der Waals surface area contributed by atoms with Crippen LogP contribution in [0.3, 0.4) is 0 Å². The molecule has 1 aliphatic carbocycles. The number of guanidine groups is 1. The van der Waals surface area contributed by atoms with Crippen molar-refractivity contribution in [3.05, 3.63) is 16.6 Å². The SMILES string of the molecule is CC(CNC(=NCC(=O)N(C)C)NC1CCCCC1C)c1nccs1.I. The molecule has 3 atom stereocenters. The third-order valence-corrected chi connectivity index (χ3v) is 5.76. The van der Waals surface area contributed by atoms with Gasteiger partial charge in [0.25, 0.3) is 0 Å². The van der Waals surface area contributed by atoms with Crippen LogP contribution in [0.4, 0.5) is 0 Å². The predicted octanol–water partition coefficient (Wildman–Crippen LogP) is 3.07. The van der Waals surface area contributed by atoms with Crippen molar-refractivity contribution >= 4 is 47.2 Å². The smallest absolute Gasteiger partial charge is 0.243 e. The fourth-order valence-corrected chi connectivity index (χ4v) is 3.66. The van der Waals surface area contributed by atoms with E-state index < -0.39 is 0 Å². The van der Waals surface area contributed by atoms with E-state index in [1.807, 2.05) is 11.6 Å². The zero-order valence-corrected chi connectivity index (χ0v) is 19.3. The van der Waals surface area contributed by atoms with Gasteiger partial charge in [-0.3, -0.25) is 4.79 Å². The lowest BCUT2D eigenvalue weighted by Crippen LogP contribution is -2.48. The summed E-state index contributed by atoms with van der Waals surface area (Å²) in [5.41, 5.74) is 0. The van der Waals surface area contributed by atoms with Gasteiger partial charge in [0.1, 0.15) is 6.54 Å². The van der Waals surface area contributed by atoms with Gasteiger partial charge in [-0.25, -0.2) is 9.98 Å². The highest BCUT2D eigenvalue weighted by Gasteiger charge is 2.22. The van der Waals surface area contributed by atoms with E-state index >= 15 is 0 Å². The molecular formula is C18H32IN5OS. The Balaban J connectivity index is 0.00000338. The van der Waals surface area contributed by atoms with Crippen LogP contribution in [-0.4, -0.2) is 55.0 Å². The maximum absolute atomic E-state index is 11.9. The monoisotopic (exact) mass is 493 g/mol. The Kier molecular flexibility index (Phi) is 10.4. The zero-order chi connectivity index (χ0) is 18.2. The largest absolute Gasteiger partial charge is 0.356 e. The number of rotatable bonds is 6. The minimum Gasteiger partial charge on any atom is -0.356 e. The number of amides is 1. The zero-order valence-electron chi connectivity index (χ0n) is 16.2. The average molecular weight is 493 g/mol. The number of halogens is 1. The Hall–Kier alpha value is -0.900. The van der Waals surface area contributed by atoms with Crippen molar-refractivity contribution in [1.82, 2.24) is 20.5 Å². The second kappa shape index (κ2) is 11.7. The quantitative estimate of drug-likeness (QED) is 0.363. The van der Waals surface area contributed by atoms with Gasteiger partial charge in [0, 0.05) is 44.2 Å². The molecule has 2 rings (SSSR count). The second-order valence-corrected chi connectivity index (χ2v) is 8.04. The van der Waals surface area contributed by atoms with Crippen LogP contribution in [0.25, 0.3) is 0 Å². The van der Waals surface area contributed by atoms with Gasteiger partial charge in [-0.1, -0.05) is 26.7 Å². The summed E-state index contributed by atoms with van der Waals surface area (Å²) in [5.74, 6) is 1.67. The molecule has 0 spiro atoms. The molecule has 1 amide bonds. The molecule has 0 aliphatic heterocycles. The van der Waals surface area contributed by atoms with E-state index in [2.05, 4.69) is 34.5 Å². The van der Waals surface area contributed by atoms with Crippen molar-refractivity contribution in [2.75, 3.05) is 27.2 Å². The lowest BCUT2D eigenvalue weighted by atomic mass is 9.86. The average Bonchev–Trinajstić information content (AvgIpc) is 3.13. The molecule has 1 aromatic heterocycles.